The third-order valence-corrected chi connectivity index (χ3v) is 6.47. The molecule has 0 spiro atoms. The molecule has 0 aromatic rings. The van der Waals surface area contributed by atoms with Gasteiger partial charge < -0.3 is 9.66 Å². The topological polar surface area (TPSA) is 77.4 Å². The molecule has 158 valence electrons. The van der Waals surface area contributed by atoms with E-state index >= 15 is 0 Å². The molecule has 0 radical (unpaired) electrons. The minimum Gasteiger partial charge on any atom is -0.748 e. The second-order valence-corrected chi connectivity index (χ2v) is 9.58. The average molecular weight is 415 g/mol. The van der Waals surface area contributed by atoms with E-state index in [9.17, 15) is 18.1 Å². The summed E-state index contributed by atoms with van der Waals surface area (Å²) in [6, 6.07) is 0. The van der Waals surface area contributed by atoms with Gasteiger partial charge in [0.2, 0.25) is 0 Å². The molecule has 6 heteroatoms. The Labute approximate surface area is 191 Å². The first-order valence-corrected chi connectivity index (χ1v) is 12.5. The van der Waals surface area contributed by atoms with Crippen LogP contribution < -0.4 is 29.6 Å². The first-order valence-electron chi connectivity index (χ1n) is 11.0. The summed E-state index contributed by atoms with van der Waals surface area (Å²) < 4.78 is 33.7. The Morgan fingerprint density at radius 1 is 0.704 bits per heavy atom. The van der Waals surface area contributed by atoms with Crippen LogP contribution in [0.15, 0.2) is 0 Å². The van der Waals surface area contributed by atoms with Crippen LogP contribution in [-0.2, 0) is 10.1 Å². The van der Waals surface area contributed by atoms with Gasteiger partial charge in [-0.25, -0.2) is 8.42 Å². The molecule has 2 unspecified atom stereocenters. The molecule has 4 nitrogen and oxygen atoms in total. The van der Waals surface area contributed by atoms with Crippen LogP contribution in [0.3, 0.4) is 0 Å². The molecular weight excluding hydrogens is 371 g/mol. The number of hydrogen-bond donors (Lipinski definition) is 1. The van der Waals surface area contributed by atoms with Crippen LogP contribution >= 0.6 is 0 Å². The summed E-state index contributed by atoms with van der Waals surface area (Å²) in [6.07, 6.45) is 18.1. The molecule has 0 aromatic carbocycles. The van der Waals surface area contributed by atoms with Gasteiger partial charge in [0.05, 0.1) is 16.2 Å². The van der Waals surface area contributed by atoms with E-state index in [1.165, 1.54) is 51.4 Å². The molecule has 0 rings (SSSR count). The van der Waals surface area contributed by atoms with Crippen molar-refractivity contribution in [2.45, 2.75) is 134 Å². The van der Waals surface area contributed by atoms with Gasteiger partial charge in [-0.05, 0) is 26.2 Å². The normalized spacial score (nSPS) is 13.9. The first-order chi connectivity index (χ1) is 12.4. The van der Waals surface area contributed by atoms with Gasteiger partial charge in [0.25, 0.3) is 0 Å². The molecule has 0 aliphatic carbocycles. The van der Waals surface area contributed by atoms with Crippen LogP contribution in [0.2, 0.25) is 0 Å². The van der Waals surface area contributed by atoms with E-state index in [0.29, 0.717) is 12.8 Å². The summed E-state index contributed by atoms with van der Waals surface area (Å²) in [6.45, 7) is 3.88. The minimum atomic E-state index is -4.12. The Balaban J connectivity index is 0. The van der Waals surface area contributed by atoms with E-state index < -0.39 is 15.4 Å². The van der Waals surface area contributed by atoms with Gasteiger partial charge in [0.15, 0.2) is 0 Å². The van der Waals surface area contributed by atoms with Gasteiger partial charge in [-0.1, -0.05) is 96.8 Å². The third kappa shape index (κ3) is 21.4. The summed E-state index contributed by atoms with van der Waals surface area (Å²) in [4.78, 5) is 0. The summed E-state index contributed by atoms with van der Waals surface area (Å²) in [7, 11) is -4.12. The van der Waals surface area contributed by atoms with Gasteiger partial charge >= 0.3 is 29.6 Å². The maximum absolute atomic E-state index is 11.2. The molecule has 0 amide bonds. The van der Waals surface area contributed by atoms with E-state index in [1.54, 1.807) is 0 Å². The average Bonchev–Trinajstić information content (AvgIpc) is 2.56. The van der Waals surface area contributed by atoms with Gasteiger partial charge in [0, 0.05) is 5.25 Å². The van der Waals surface area contributed by atoms with Gasteiger partial charge in [-0.15, -0.1) is 0 Å². The molecular formula is C21H43NaO4S. The predicted octanol–water partition coefficient (Wildman–Crippen LogP) is 2.94. The van der Waals surface area contributed by atoms with Crippen molar-refractivity contribution < 1.29 is 47.6 Å². The number of rotatable bonds is 19. The fourth-order valence-corrected chi connectivity index (χ4v) is 4.36. The van der Waals surface area contributed by atoms with Gasteiger partial charge in [0.1, 0.15) is 0 Å². The van der Waals surface area contributed by atoms with Crippen LogP contribution in [0, 0.1) is 0 Å². The van der Waals surface area contributed by atoms with Crippen molar-refractivity contribution in [3.8, 4) is 0 Å². The summed E-state index contributed by atoms with van der Waals surface area (Å²) in [5.41, 5.74) is 0. The van der Waals surface area contributed by atoms with Crippen LogP contribution in [0.25, 0.3) is 0 Å². The zero-order chi connectivity index (χ0) is 19.7. The molecule has 0 heterocycles. The van der Waals surface area contributed by atoms with Crippen molar-refractivity contribution in [2.75, 3.05) is 0 Å². The maximum Gasteiger partial charge on any atom is 1.00 e. The van der Waals surface area contributed by atoms with Crippen molar-refractivity contribution in [1.29, 1.82) is 0 Å². The Bertz CT molecular complexity index is 399. The zero-order valence-corrected chi connectivity index (χ0v) is 21.1. The molecule has 1 N–H and O–H groups in total. The second kappa shape index (κ2) is 20.2. The van der Waals surface area contributed by atoms with E-state index in [2.05, 4.69) is 0 Å². The molecule has 2 atom stereocenters. The molecule has 0 aliphatic heterocycles. The molecule has 0 saturated heterocycles. The molecule has 0 fully saturated rings. The van der Waals surface area contributed by atoms with E-state index in [4.69, 9.17) is 0 Å². The van der Waals surface area contributed by atoms with Crippen molar-refractivity contribution in [3.05, 3.63) is 0 Å². The van der Waals surface area contributed by atoms with Crippen molar-refractivity contribution >= 4 is 10.1 Å². The molecule has 27 heavy (non-hydrogen) atoms. The fraction of sp³-hybridized carbons (Fsp3) is 1.00. The van der Waals surface area contributed by atoms with Crippen molar-refractivity contribution in [2.24, 2.45) is 0 Å². The van der Waals surface area contributed by atoms with Gasteiger partial charge in [-0.3, -0.25) is 0 Å². The second-order valence-electron chi connectivity index (χ2n) is 7.93. The third-order valence-electron chi connectivity index (χ3n) is 5.19. The van der Waals surface area contributed by atoms with Crippen molar-refractivity contribution in [1.82, 2.24) is 0 Å². The SMILES string of the molecule is CCCCC(CCCCCCCCCCCCCCC(C)O)S(=O)(=O)[O-].[Na+]. The smallest absolute Gasteiger partial charge is 0.748 e. The number of aliphatic hydroxyl groups is 1. The Morgan fingerprint density at radius 2 is 1.04 bits per heavy atom. The van der Waals surface area contributed by atoms with Gasteiger partial charge in [-0.2, -0.15) is 0 Å². The zero-order valence-electron chi connectivity index (χ0n) is 18.3. The van der Waals surface area contributed by atoms with E-state index in [1.807, 2.05) is 13.8 Å². The number of unbranched alkanes of at least 4 members (excludes halogenated alkanes) is 12. The standard InChI is InChI=1S/C21H44O4S.Na/c1-3-4-18-21(26(23,24)25)19-16-14-12-10-8-6-5-7-9-11-13-15-17-20(2)22;/h20-22H,3-19H2,1-2H3,(H,23,24,25);/q;+1/p-1. The summed E-state index contributed by atoms with van der Waals surface area (Å²) in [5, 5.41) is 8.52. The van der Waals surface area contributed by atoms with Crippen molar-refractivity contribution in [3.63, 3.8) is 0 Å². The Hall–Kier alpha value is 0.870. The molecule has 0 bridgehead atoms. The quantitative estimate of drug-likeness (QED) is 0.200. The minimum absolute atomic E-state index is 0. The number of hydrogen-bond acceptors (Lipinski definition) is 4. The van der Waals surface area contributed by atoms with Crippen LogP contribution in [0.5, 0.6) is 0 Å². The van der Waals surface area contributed by atoms with Crippen LogP contribution in [-0.4, -0.2) is 29.4 Å². The fourth-order valence-electron chi connectivity index (χ4n) is 3.44. The molecule has 0 aliphatic rings. The summed E-state index contributed by atoms with van der Waals surface area (Å²) in [5.74, 6) is 0. The monoisotopic (exact) mass is 414 g/mol. The maximum atomic E-state index is 11.2. The molecule has 0 saturated carbocycles. The van der Waals surface area contributed by atoms with Crippen LogP contribution in [0.4, 0.5) is 0 Å². The predicted molar refractivity (Wildman–Crippen MR) is 109 cm³/mol. The molecule has 0 aromatic heterocycles. The van der Waals surface area contributed by atoms with Crippen LogP contribution in [0.1, 0.15) is 123 Å². The van der Waals surface area contributed by atoms with E-state index in [-0.39, 0.29) is 35.7 Å². The Kier molecular flexibility index (Phi) is 22.4. The first kappa shape index (κ1) is 30.1. The Morgan fingerprint density at radius 3 is 1.37 bits per heavy atom. The largest absolute Gasteiger partial charge is 1.00 e. The number of aliphatic hydroxyl groups excluding tert-OH is 1. The summed E-state index contributed by atoms with van der Waals surface area (Å²) >= 11 is 0. The van der Waals surface area contributed by atoms with E-state index in [0.717, 1.165) is 44.9 Å².